The number of aliphatic hydroxyl groups is 1. The Morgan fingerprint density at radius 3 is 2.65 bits per heavy atom. The van der Waals surface area contributed by atoms with Gasteiger partial charge < -0.3 is 9.84 Å². The van der Waals surface area contributed by atoms with E-state index >= 15 is 0 Å². The standard InChI is InChI=1S/C21H29BrO4/c1-12(23)26-21(25)18(22)11-17-15-5-4-13-10-14(24)6-8-19(13,2)16(15)7-9-20(17,21)3/h10,15-18,25H,4-9,11H2,1-3H3/t15-,16+,17-,18-,19-,20-,21-/m0/s1. The van der Waals surface area contributed by atoms with Crippen LogP contribution in [0.1, 0.15) is 65.7 Å². The first-order valence-corrected chi connectivity index (χ1v) is 10.8. The van der Waals surface area contributed by atoms with Crippen LogP contribution in [0.4, 0.5) is 0 Å². The Morgan fingerprint density at radius 1 is 1.23 bits per heavy atom. The summed E-state index contributed by atoms with van der Waals surface area (Å²) >= 11 is 3.64. The number of hydrogen-bond acceptors (Lipinski definition) is 4. The van der Waals surface area contributed by atoms with Crippen molar-refractivity contribution in [1.82, 2.24) is 0 Å². The average Bonchev–Trinajstić information content (AvgIpc) is 2.75. The highest BCUT2D eigenvalue weighted by Crippen LogP contribution is 2.68. The van der Waals surface area contributed by atoms with Gasteiger partial charge in [0.1, 0.15) is 0 Å². The largest absolute Gasteiger partial charge is 0.432 e. The zero-order chi connectivity index (χ0) is 18.9. The normalized spacial score (nSPS) is 50.3. The Labute approximate surface area is 163 Å². The maximum absolute atomic E-state index is 11.9. The minimum absolute atomic E-state index is 0.113. The topological polar surface area (TPSA) is 63.6 Å². The smallest absolute Gasteiger partial charge is 0.305 e. The first kappa shape index (κ1) is 18.7. The maximum atomic E-state index is 11.9. The van der Waals surface area contributed by atoms with Crippen molar-refractivity contribution in [2.75, 3.05) is 0 Å². The molecule has 4 aliphatic rings. The first-order chi connectivity index (χ1) is 12.1. The Balaban J connectivity index is 1.69. The summed E-state index contributed by atoms with van der Waals surface area (Å²) in [5, 5.41) is 11.4. The van der Waals surface area contributed by atoms with E-state index in [1.54, 1.807) is 0 Å². The van der Waals surface area contributed by atoms with Crippen LogP contribution in [0.25, 0.3) is 0 Å². The quantitative estimate of drug-likeness (QED) is 0.390. The number of ether oxygens (including phenoxy) is 1. The van der Waals surface area contributed by atoms with Gasteiger partial charge in [-0.1, -0.05) is 35.4 Å². The van der Waals surface area contributed by atoms with Crippen molar-refractivity contribution in [2.24, 2.45) is 28.6 Å². The summed E-state index contributed by atoms with van der Waals surface area (Å²) in [5.74, 6) is -0.198. The SMILES string of the molecule is CC(=O)O[C@@]1(O)[C@@H](Br)C[C@H]2[C@H]3CCC4=CC(=O)CC[C@]4(C)[C@@H]3CC[C@@]21C. The molecule has 4 rings (SSSR count). The van der Waals surface area contributed by atoms with Crippen LogP contribution in [0.3, 0.4) is 0 Å². The van der Waals surface area contributed by atoms with E-state index in [-0.39, 0.29) is 16.0 Å². The van der Waals surface area contributed by atoms with Gasteiger partial charge in [-0.3, -0.25) is 9.59 Å². The number of hydrogen-bond donors (Lipinski definition) is 1. The van der Waals surface area contributed by atoms with Crippen LogP contribution in [0.5, 0.6) is 0 Å². The average molecular weight is 425 g/mol. The van der Waals surface area contributed by atoms with Crippen molar-refractivity contribution in [1.29, 1.82) is 0 Å². The van der Waals surface area contributed by atoms with Crippen LogP contribution < -0.4 is 0 Å². The summed E-state index contributed by atoms with van der Waals surface area (Å²) in [6.07, 6.45) is 8.27. The van der Waals surface area contributed by atoms with Gasteiger partial charge in [0, 0.05) is 18.8 Å². The molecule has 0 bridgehead atoms. The van der Waals surface area contributed by atoms with Crippen molar-refractivity contribution in [3.8, 4) is 0 Å². The molecular weight excluding hydrogens is 396 g/mol. The van der Waals surface area contributed by atoms with E-state index in [0.717, 1.165) is 38.5 Å². The lowest BCUT2D eigenvalue weighted by molar-refractivity contribution is -0.260. The molecule has 0 heterocycles. The fourth-order valence-corrected chi connectivity index (χ4v) is 7.92. The Bertz CT molecular complexity index is 687. The van der Waals surface area contributed by atoms with Gasteiger partial charge in [-0.2, -0.15) is 0 Å². The van der Waals surface area contributed by atoms with E-state index in [2.05, 4.69) is 29.8 Å². The molecule has 7 atom stereocenters. The van der Waals surface area contributed by atoms with E-state index in [9.17, 15) is 14.7 Å². The molecule has 3 fully saturated rings. The van der Waals surface area contributed by atoms with E-state index in [4.69, 9.17) is 4.74 Å². The second-order valence-electron chi connectivity index (χ2n) is 9.42. The third-order valence-corrected chi connectivity index (χ3v) is 9.35. The van der Waals surface area contributed by atoms with Gasteiger partial charge in [0.2, 0.25) is 5.79 Å². The number of allylic oxidation sites excluding steroid dienone is 1. The number of halogens is 1. The summed E-state index contributed by atoms with van der Waals surface area (Å²) in [6, 6.07) is 0. The van der Waals surface area contributed by atoms with E-state index in [1.165, 1.54) is 12.5 Å². The molecule has 5 heteroatoms. The lowest BCUT2D eigenvalue weighted by Gasteiger charge is -2.58. The van der Waals surface area contributed by atoms with E-state index < -0.39 is 17.2 Å². The van der Waals surface area contributed by atoms with Crippen LogP contribution >= 0.6 is 15.9 Å². The molecule has 0 aliphatic heterocycles. The molecule has 0 aromatic rings. The molecule has 4 nitrogen and oxygen atoms in total. The zero-order valence-corrected chi connectivity index (χ0v) is 17.5. The highest BCUT2D eigenvalue weighted by molar-refractivity contribution is 9.09. The van der Waals surface area contributed by atoms with Crippen LogP contribution in [0.15, 0.2) is 11.6 Å². The van der Waals surface area contributed by atoms with Crippen molar-refractivity contribution < 1.29 is 19.4 Å². The van der Waals surface area contributed by atoms with Crippen LogP contribution in [0, 0.1) is 28.6 Å². The predicted octanol–water partition coefficient (Wildman–Crippen LogP) is 4.14. The molecule has 26 heavy (non-hydrogen) atoms. The van der Waals surface area contributed by atoms with Gasteiger partial charge in [0.15, 0.2) is 5.78 Å². The number of esters is 1. The summed E-state index contributed by atoms with van der Waals surface area (Å²) in [4.78, 5) is 23.4. The van der Waals surface area contributed by atoms with Crippen molar-refractivity contribution in [3.63, 3.8) is 0 Å². The lowest BCUT2D eigenvalue weighted by Crippen LogP contribution is -2.57. The molecule has 0 radical (unpaired) electrons. The molecule has 0 unspecified atom stereocenters. The minimum atomic E-state index is -1.44. The third-order valence-electron chi connectivity index (χ3n) is 8.35. The van der Waals surface area contributed by atoms with E-state index in [0.29, 0.717) is 24.2 Å². The fraction of sp³-hybridized carbons (Fsp3) is 0.810. The number of alkyl halides is 1. The Hall–Kier alpha value is -0.680. The lowest BCUT2D eigenvalue weighted by atomic mass is 9.47. The number of carbonyl (C=O) groups is 2. The molecule has 0 amide bonds. The third kappa shape index (κ3) is 2.35. The van der Waals surface area contributed by atoms with Crippen LogP contribution in [0.2, 0.25) is 0 Å². The van der Waals surface area contributed by atoms with Crippen molar-refractivity contribution in [3.05, 3.63) is 11.6 Å². The molecule has 0 spiro atoms. The number of carbonyl (C=O) groups excluding carboxylic acids is 2. The summed E-state index contributed by atoms with van der Waals surface area (Å²) < 4.78 is 5.52. The number of rotatable bonds is 1. The minimum Gasteiger partial charge on any atom is -0.432 e. The first-order valence-electron chi connectivity index (χ1n) is 9.92. The summed E-state index contributed by atoms with van der Waals surface area (Å²) in [5.41, 5.74) is 1.04. The summed E-state index contributed by atoms with van der Waals surface area (Å²) in [6.45, 7) is 5.83. The van der Waals surface area contributed by atoms with Crippen LogP contribution in [-0.2, 0) is 14.3 Å². The molecule has 0 aromatic heterocycles. The van der Waals surface area contributed by atoms with Gasteiger partial charge in [-0.25, -0.2) is 0 Å². The van der Waals surface area contributed by atoms with Gasteiger partial charge in [0.05, 0.1) is 4.83 Å². The fourth-order valence-electron chi connectivity index (χ4n) is 6.90. The van der Waals surface area contributed by atoms with Crippen molar-refractivity contribution in [2.45, 2.75) is 76.3 Å². The van der Waals surface area contributed by atoms with Gasteiger partial charge in [0.25, 0.3) is 0 Å². The zero-order valence-electron chi connectivity index (χ0n) is 15.9. The van der Waals surface area contributed by atoms with Gasteiger partial charge >= 0.3 is 5.97 Å². The Kier molecular flexibility index (Phi) is 4.24. The van der Waals surface area contributed by atoms with E-state index in [1.807, 2.05) is 6.08 Å². The highest BCUT2D eigenvalue weighted by Gasteiger charge is 2.69. The van der Waals surface area contributed by atoms with Crippen LogP contribution in [-0.4, -0.2) is 27.5 Å². The van der Waals surface area contributed by atoms with Gasteiger partial charge in [-0.05, 0) is 67.8 Å². The van der Waals surface area contributed by atoms with Gasteiger partial charge in [-0.15, -0.1) is 0 Å². The molecule has 4 aliphatic carbocycles. The Morgan fingerprint density at radius 2 is 1.96 bits per heavy atom. The van der Waals surface area contributed by atoms with Crippen molar-refractivity contribution >= 4 is 27.7 Å². The predicted molar refractivity (Wildman–Crippen MR) is 102 cm³/mol. The number of fused-ring (bicyclic) bond motifs is 5. The number of ketones is 1. The monoisotopic (exact) mass is 424 g/mol. The maximum Gasteiger partial charge on any atom is 0.305 e. The molecule has 0 aromatic carbocycles. The molecule has 144 valence electrons. The highest BCUT2D eigenvalue weighted by atomic mass is 79.9. The molecule has 0 saturated heterocycles. The second kappa shape index (κ2) is 5.91. The summed E-state index contributed by atoms with van der Waals surface area (Å²) in [7, 11) is 0. The molecular formula is C21H29BrO4. The molecule has 3 saturated carbocycles. The second-order valence-corrected chi connectivity index (χ2v) is 10.5. The molecule has 1 N–H and O–H groups in total.